The second kappa shape index (κ2) is 5.14. The number of nitrogens with zero attached hydrogens (tertiary/aromatic N) is 3. The van der Waals surface area contributed by atoms with Gasteiger partial charge in [0.1, 0.15) is 0 Å². The highest BCUT2D eigenvalue weighted by Crippen LogP contribution is 2.30. The largest absolute Gasteiger partial charge is 0.387 e. The van der Waals surface area contributed by atoms with E-state index in [0.717, 1.165) is 24.7 Å². The molecule has 98 valence electrons. The lowest BCUT2D eigenvalue weighted by Crippen LogP contribution is -2.47. The van der Waals surface area contributed by atoms with Gasteiger partial charge in [0.25, 0.3) is 0 Å². The van der Waals surface area contributed by atoms with Crippen LogP contribution in [0.4, 0.5) is 11.4 Å². The average molecular weight is 246 g/mol. The van der Waals surface area contributed by atoms with E-state index in [4.69, 9.17) is 0 Å². The van der Waals surface area contributed by atoms with Crippen LogP contribution in [-0.4, -0.2) is 49.7 Å². The van der Waals surface area contributed by atoms with E-state index in [1.165, 1.54) is 38.2 Å². The Labute approximate surface area is 109 Å². The number of aromatic nitrogens is 1. The molecule has 0 atom stereocenters. The van der Waals surface area contributed by atoms with Crippen molar-refractivity contribution in [2.24, 2.45) is 5.92 Å². The minimum Gasteiger partial charge on any atom is -0.387 e. The first kappa shape index (κ1) is 11.8. The third-order valence-corrected chi connectivity index (χ3v) is 3.96. The minimum absolute atomic E-state index is 1.01. The fraction of sp³-hybridized carbons (Fsp3) is 0.643. The van der Waals surface area contributed by atoms with Crippen molar-refractivity contribution >= 4 is 11.4 Å². The first-order valence-electron chi connectivity index (χ1n) is 6.95. The Morgan fingerprint density at radius 2 is 2.00 bits per heavy atom. The summed E-state index contributed by atoms with van der Waals surface area (Å²) in [7, 11) is 1.94. The summed E-state index contributed by atoms with van der Waals surface area (Å²) in [6.07, 6.45) is 6.74. The molecule has 1 aromatic heterocycles. The van der Waals surface area contributed by atoms with Crippen LogP contribution in [0.15, 0.2) is 18.5 Å². The summed E-state index contributed by atoms with van der Waals surface area (Å²) in [4.78, 5) is 9.35. The van der Waals surface area contributed by atoms with Crippen LogP contribution in [0.5, 0.6) is 0 Å². The van der Waals surface area contributed by atoms with Crippen LogP contribution in [0, 0.1) is 5.92 Å². The summed E-state index contributed by atoms with van der Waals surface area (Å²) in [5, 5.41) is 3.15. The van der Waals surface area contributed by atoms with Crippen LogP contribution in [0.1, 0.15) is 12.8 Å². The van der Waals surface area contributed by atoms with Crippen molar-refractivity contribution in [2.45, 2.75) is 12.8 Å². The molecule has 2 fully saturated rings. The van der Waals surface area contributed by atoms with Gasteiger partial charge in [-0.15, -0.1) is 0 Å². The molecule has 1 saturated heterocycles. The molecule has 1 saturated carbocycles. The molecule has 1 aromatic rings. The highest BCUT2D eigenvalue weighted by atomic mass is 15.3. The van der Waals surface area contributed by atoms with Gasteiger partial charge in [-0.2, -0.15) is 0 Å². The molecule has 0 radical (unpaired) electrons. The van der Waals surface area contributed by atoms with Crippen LogP contribution in [0.2, 0.25) is 0 Å². The third kappa shape index (κ3) is 2.75. The SMILES string of the molecule is CNc1cncc(N2CCN(CC3CC3)CC2)c1. The maximum Gasteiger partial charge on any atom is 0.0574 e. The van der Waals surface area contributed by atoms with E-state index in [2.05, 4.69) is 26.2 Å². The Morgan fingerprint density at radius 1 is 1.22 bits per heavy atom. The summed E-state index contributed by atoms with van der Waals surface area (Å²) >= 11 is 0. The van der Waals surface area contributed by atoms with Crippen LogP contribution in [0.25, 0.3) is 0 Å². The van der Waals surface area contributed by atoms with Crippen molar-refractivity contribution in [2.75, 3.05) is 50.0 Å². The van der Waals surface area contributed by atoms with Gasteiger partial charge in [0.2, 0.25) is 0 Å². The van der Waals surface area contributed by atoms with Gasteiger partial charge in [-0.05, 0) is 24.8 Å². The Bertz CT molecular complexity index is 395. The summed E-state index contributed by atoms with van der Waals surface area (Å²) in [5.41, 5.74) is 2.33. The molecule has 18 heavy (non-hydrogen) atoms. The maximum atomic E-state index is 4.29. The second-order valence-electron chi connectivity index (χ2n) is 5.41. The van der Waals surface area contributed by atoms with Gasteiger partial charge in [0.05, 0.1) is 23.8 Å². The molecule has 0 bridgehead atoms. The summed E-state index contributed by atoms with van der Waals surface area (Å²) in [5.74, 6) is 1.01. The number of rotatable bonds is 4. The standard InChI is InChI=1S/C14H22N4/c1-15-13-8-14(10-16-9-13)18-6-4-17(5-7-18)11-12-2-3-12/h8-10,12,15H,2-7,11H2,1H3. The van der Waals surface area contributed by atoms with Gasteiger partial charge >= 0.3 is 0 Å². The van der Waals surface area contributed by atoms with Gasteiger partial charge in [0, 0.05) is 39.8 Å². The number of anilines is 2. The number of piperazine rings is 1. The van der Waals surface area contributed by atoms with Crippen molar-refractivity contribution in [1.29, 1.82) is 0 Å². The monoisotopic (exact) mass is 246 g/mol. The Hall–Kier alpha value is -1.29. The molecule has 4 nitrogen and oxygen atoms in total. The molecule has 2 heterocycles. The predicted octanol–water partition coefficient (Wildman–Crippen LogP) is 1.66. The van der Waals surface area contributed by atoms with Crippen LogP contribution in [0.3, 0.4) is 0 Å². The van der Waals surface area contributed by atoms with E-state index in [1.54, 1.807) is 0 Å². The second-order valence-corrected chi connectivity index (χ2v) is 5.41. The highest BCUT2D eigenvalue weighted by Gasteiger charge is 2.26. The van der Waals surface area contributed by atoms with E-state index < -0.39 is 0 Å². The zero-order chi connectivity index (χ0) is 12.4. The zero-order valence-electron chi connectivity index (χ0n) is 11.1. The Balaban J connectivity index is 1.57. The van der Waals surface area contributed by atoms with Crippen molar-refractivity contribution < 1.29 is 0 Å². The number of hydrogen-bond donors (Lipinski definition) is 1. The van der Waals surface area contributed by atoms with Gasteiger partial charge in [0.15, 0.2) is 0 Å². The van der Waals surface area contributed by atoms with E-state index in [-0.39, 0.29) is 0 Å². The van der Waals surface area contributed by atoms with Gasteiger partial charge < -0.3 is 10.2 Å². The lowest BCUT2D eigenvalue weighted by Gasteiger charge is -2.36. The third-order valence-electron chi connectivity index (χ3n) is 3.96. The molecule has 0 aromatic carbocycles. The quantitative estimate of drug-likeness (QED) is 0.875. The smallest absolute Gasteiger partial charge is 0.0574 e. The fourth-order valence-corrected chi connectivity index (χ4v) is 2.59. The molecular formula is C14H22N4. The maximum absolute atomic E-state index is 4.29. The highest BCUT2D eigenvalue weighted by molar-refractivity contribution is 5.55. The van der Waals surface area contributed by atoms with E-state index in [9.17, 15) is 0 Å². The molecule has 1 N–H and O–H groups in total. The first-order valence-corrected chi connectivity index (χ1v) is 6.95. The molecule has 1 aliphatic carbocycles. The molecular weight excluding hydrogens is 224 g/mol. The van der Waals surface area contributed by atoms with Crippen molar-refractivity contribution in [3.63, 3.8) is 0 Å². The topological polar surface area (TPSA) is 31.4 Å². The number of nitrogens with one attached hydrogen (secondary N) is 1. The van der Waals surface area contributed by atoms with Crippen LogP contribution >= 0.6 is 0 Å². The summed E-state index contributed by atoms with van der Waals surface area (Å²) < 4.78 is 0. The van der Waals surface area contributed by atoms with E-state index >= 15 is 0 Å². The lowest BCUT2D eigenvalue weighted by molar-refractivity contribution is 0.248. The minimum atomic E-state index is 1.01. The molecule has 3 rings (SSSR count). The lowest BCUT2D eigenvalue weighted by atomic mass is 10.2. The predicted molar refractivity (Wildman–Crippen MR) is 75.2 cm³/mol. The molecule has 0 spiro atoms. The molecule has 0 amide bonds. The zero-order valence-corrected chi connectivity index (χ0v) is 11.1. The average Bonchev–Trinajstić information content (AvgIpc) is 3.24. The summed E-state index contributed by atoms with van der Waals surface area (Å²) in [6.45, 7) is 5.96. The first-order chi connectivity index (χ1) is 8.85. The van der Waals surface area contributed by atoms with Crippen LogP contribution < -0.4 is 10.2 Å². The van der Waals surface area contributed by atoms with Crippen molar-refractivity contribution in [1.82, 2.24) is 9.88 Å². The van der Waals surface area contributed by atoms with Crippen molar-refractivity contribution in [3.8, 4) is 0 Å². The molecule has 1 aliphatic heterocycles. The molecule has 4 heteroatoms. The van der Waals surface area contributed by atoms with Gasteiger partial charge in [-0.25, -0.2) is 0 Å². The van der Waals surface area contributed by atoms with Gasteiger partial charge in [-0.3, -0.25) is 9.88 Å². The normalized spacial score (nSPS) is 21.1. The number of pyridine rings is 1. The van der Waals surface area contributed by atoms with E-state index in [0.29, 0.717) is 0 Å². The van der Waals surface area contributed by atoms with Crippen LogP contribution in [-0.2, 0) is 0 Å². The number of hydrogen-bond acceptors (Lipinski definition) is 4. The Morgan fingerprint density at radius 3 is 2.67 bits per heavy atom. The van der Waals surface area contributed by atoms with Gasteiger partial charge in [-0.1, -0.05) is 0 Å². The molecule has 0 unspecified atom stereocenters. The van der Waals surface area contributed by atoms with Crippen molar-refractivity contribution in [3.05, 3.63) is 18.5 Å². The van der Waals surface area contributed by atoms with E-state index in [1.807, 2.05) is 19.4 Å². The summed E-state index contributed by atoms with van der Waals surface area (Å²) in [6, 6.07) is 2.18. The Kier molecular flexibility index (Phi) is 3.37. The fourth-order valence-electron chi connectivity index (χ4n) is 2.59. The molecule has 2 aliphatic rings.